The van der Waals surface area contributed by atoms with Gasteiger partial charge in [-0.1, -0.05) is 58.4 Å². The lowest BCUT2D eigenvalue weighted by atomic mass is 10.1. The maximum absolute atomic E-state index is 11.9. The van der Waals surface area contributed by atoms with Gasteiger partial charge in [0.25, 0.3) is 0 Å². The molecule has 0 atom stereocenters. The number of ether oxygens (including phenoxy) is 1. The van der Waals surface area contributed by atoms with Crippen LogP contribution in [0.4, 0.5) is 0 Å². The molecular weight excluding hydrogens is 340 g/mol. The van der Waals surface area contributed by atoms with Crippen LogP contribution in [-0.4, -0.2) is 5.97 Å². The Hall–Kier alpha value is -2.39. The molecule has 108 valence electrons. The summed E-state index contributed by atoms with van der Waals surface area (Å²) in [6.07, 6.45) is 3.17. The molecule has 3 rings (SSSR count). The van der Waals surface area contributed by atoms with Crippen molar-refractivity contribution >= 4 is 38.7 Å². The molecule has 0 spiro atoms. The third-order valence-electron chi connectivity index (χ3n) is 3.23. The average Bonchev–Trinajstić information content (AvgIpc) is 2.54. The fourth-order valence-corrected chi connectivity index (χ4v) is 2.68. The van der Waals surface area contributed by atoms with Crippen molar-refractivity contribution in [3.63, 3.8) is 0 Å². The van der Waals surface area contributed by atoms with Crippen LogP contribution >= 0.6 is 15.9 Å². The van der Waals surface area contributed by atoms with Crippen LogP contribution in [-0.2, 0) is 4.79 Å². The molecule has 3 aromatic rings. The molecule has 0 fully saturated rings. The summed E-state index contributed by atoms with van der Waals surface area (Å²) < 4.78 is 6.36. The van der Waals surface area contributed by atoms with Gasteiger partial charge in [-0.05, 0) is 46.7 Å². The molecular formula is C19H13BrO2. The van der Waals surface area contributed by atoms with Gasteiger partial charge in [0.15, 0.2) is 0 Å². The van der Waals surface area contributed by atoms with Gasteiger partial charge in [-0.3, -0.25) is 0 Å². The number of carbonyl (C=O) groups excluding carboxylic acids is 1. The first-order valence-electron chi connectivity index (χ1n) is 6.85. The van der Waals surface area contributed by atoms with E-state index < -0.39 is 5.97 Å². The lowest BCUT2D eigenvalue weighted by Crippen LogP contribution is -2.03. The van der Waals surface area contributed by atoms with E-state index in [4.69, 9.17) is 4.74 Å². The van der Waals surface area contributed by atoms with E-state index in [1.807, 2.05) is 60.7 Å². The van der Waals surface area contributed by atoms with Crippen molar-refractivity contribution < 1.29 is 9.53 Å². The van der Waals surface area contributed by atoms with Crippen molar-refractivity contribution in [2.75, 3.05) is 0 Å². The molecule has 0 bridgehead atoms. The maximum atomic E-state index is 11.9. The number of hydrogen-bond donors (Lipinski definition) is 0. The first kappa shape index (κ1) is 14.5. The summed E-state index contributed by atoms with van der Waals surface area (Å²) in [6.45, 7) is 0. The highest BCUT2D eigenvalue weighted by atomic mass is 79.9. The summed E-state index contributed by atoms with van der Waals surface area (Å²) >= 11 is 3.50. The molecule has 0 aliphatic heterocycles. The lowest BCUT2D eigenvalue weighted by molar-refractivity contribution is -0.128. The monoisotopic (exact) mass is 352 g/mol. The Kier molecular flexibility index (Phi) is 4.35. The fourth-order valence-electron chi connectivity index (χ4n) is 2.16. The van der Waals surface area contributed by atoms with Gasteiger partial charge in [-0.2, -0.15) is 0 Å². The smallest absolute Gasteiger partial charge is 0.336 e. The van der Waals surface area contributed by atoms with Crippen LogP contribution in [0, 0.1) is 0 Å². The van der Waals surface area contributed by atoms with E-state index in [2.05, 4.69) is 15.9 Å². The number of fused-ring (bicyclic) bond motifs is 1. The molecule has 3 aromatic carbocycles. The first-order chi connectivity index (χ1) is 10.7. The number of esters is 1. The summed E-state index contributed by atoms with van der Waals surface area (Å²) in [4.78, 5) is 11.9. The van der Waals surface area contributed by atoms with Crippen LogP contribution in [0.5, 0.6) is 5.75 Å². The zero-order valence-electron chi connectivity index (χ0n) is 11.7. The molecule has 0 amide bonds. The highest BCUT2D eigenvalue weighted by molar-refractivity contribution is 9.10. The van der Waals surface area contributed by atoms with Crippen LogP contribution in [0.15, 0.2) is 77.3 Å². The fraction of sp³-hybridized carbons (Fsp3) is 0. The van der Waals surface area contributed by atoms with Gasteiger partial charge in [0.1, 0.15) is 5.75 Å². The number of carbonyl (C=O) groups is 1. The minimum Gasteiger partial charge on any atom is -0.423 e. The van der Waals surface area contributed by atoms with Crippen LogP contribution in [0.2, 0.25) is 0 Å². The standard InChI is InChI=1S/C19H13BrO2/c20-18-8-4-7-15-13-16(10-11-17(15)18)22-19(21)12-9-14-5-2-1-3-6-14/h1-13H/b12-9+. The molecule has 0 saturated heterocycles. The van der Waals surface area contributed by atoms with Crippen LogP contribution in [0.25, 0.3) is 16.8 Å². The predicted octanol–water partition coefficient (Wildman–Crippen LogP) is 5.22. The van der Waals surface area contributed by atoms with E-state index in [1.54, 1.807) is 12.1 Å². The number of halogens is 1. The van der Waals surface area contributed by atoms with Crippen molar-refractivity contribution in [3.05, 3.63) is 82.8 Å². The molecule has 0 saturated carbocycles. The largest absolute Gasteiger partial charge is 0.423 e. The molecule has 3 heteroatoms. The Morgan fingerprint density at radius 2 is 1.77 bits per heavy atom. The lowest BCUT2D eigenvalue weighted by Gasteiger charge is -2.04. The van der Waals surface area contributed by atoms with E-state index in [0.717, 1.165) is 20.8 Å². The third-order valence-corrected chi connectivity index (χ3v) is 3.92. The number of benzene rings is 3. The minimum absolute atomic E-state index is 0.391. The summed E-state index contributed by atoms with van der Waals surface area (Å²) in [5.74, 6) is 0.145. The molecule has 0 radical (unpaired) electrons. The van der Waals surface area contributed by atoms with Gasteiger partial charge >= 0.3 is 5.97 Å². The summed E-state index contributed by atoms with van der Waals surface area (Å²) in [5, 5.41) is 2.11. The first-order valence-corrected chi connectivity index (χ1v) is 7.65. The van der Waals surface area contributed by atoms with Crippen molar-refractivity contribution in [3.8, 4) is 5.75 Å². The SMILES string of the molecule is O=C(/C=C/c1ccccc1)Oc1ccc2c(Br)cccc2c1. The molecule has 0 heterocycles. The minimum atomic E-state index is -0.391. The number of rotatable bonds is 3. The maximum Gasteiger partial charge on any atom is 0.336 e. The third kappa shape index (κ3) is 3.43. The highest BCUT2D eigenvalue weighted by Gasteiger charge is 2.03. The Morgan fingerprint density at radius 1 is 0.955 bits per heavy atom. The second-order valence-electron chi connectivity index (χ2n) is 4.79. The molecule has 0 aromatic heterocycles. The predicted molar refractivity (Wildman–Crippen MR) is 92.8 cm³/mol. The summed E-state index contributed by atoms with van der Waals surface area (Å²) in [7, 11) is 0. The van der Waals surface area contributed by atoms with Crippen molar-refractivity contribution in [1.82, 2.24) is 0 Å². The van der Waals surface area contributed by atoms with E-state index in [9.17, 15) is 4.79 Å². The van der Waals surface area contributed by atoms with E-state index in [-0.39, 0.29) is 0 Å². The molecule has 0 unspecified atom stereocenters. The van der Waals surface area contributed by atoms with Gasteiger partial charge < -0.3 is 4.74 Å². The van der Waals surface area contributed by atoms with Crippen LogP contribution in [0.3, 0.4) is 0 Å². The normalized spacial score (nSPS) is 11.0. The Balaban J connectivity index is 1.75. The highest BCUT2D eigenvalue weighted by Crippen LogP contribution is 2.27. The molecule has 22 heavy (non-hydrogen) atoms. The second-order valence-corrected chi connectivity index (χ2v) is 5.64. The Bertz CT molecular complexity index is 838. The van der Waals surface area contributed by atoms with Gasteiger partial charge in [-0.15, -0.1) is 0 Å². The van der Waals surface area contributed by atoms with Crippen LogP contribution < -0.4 is 4.74 Å². The second kappa shape index (κ2) is 6.58. The average molecular weight is 353 g/mol. The zero-order chi connectivity index (χ0) is 15.4. The van der Waals surface area contributed by atoms with E-state index in [1.165, 1.54) is 6.08 Å². The quantitative estimate of drug-likeness (QED) is 0.367. The Labute approximate surface area is 137 Å². The summed E-state index contributed by atoms with van der Waals surface area (Å²) in [5.41, 5.74) is 0.960. The van der Waals surface area contributed by atoms with Crippen LogP contribution in [0.1, 0.15) is 5.56 Å². The number of hydrogen-bond acceptors (Lipinski definition) is 2. The molecule has 0 aliphatic carbocycles. The zero-order valence-corrected chi connectivity index (χ0v) is 13.3. The summed E-state index contributed by atoms with van der Waals surface area (Å²) in [6, 6.07) is 21.1. The van der Waals surface area contributed by atoms with Crippen molar-refractivity contribution in [1.29, 1.82) is 0 Å². The molecule has 2 nitrogen and oxygen atoms in total. The van der Waals surface area contributed by atoms with E-state index >= 15 is 0 Å². The van der Waals surface area contributed by atoms with Gasteiger partial charge in [-0.25, -0.2) is 4.79 Å². The van der Waals surface area contributed by atoms with Gasteiger partial charge in [0.05, 0.1) is 0 Å². The molecule has 0 aliphatic rings. The van der Waals surface area contributed by atoms with Crippen molar-refractivity contribution in [2.45, 2.75) is 0 Å². The van der Waals surface area contributed by atoms with Crippen molar-refractivity contribution in [2.24, 2.45) is 0 Å². The Morgan fingerprint density at radius 3 is 2.59 bits per heavy atom. The molecule has 0 N–H and O–H groups in total. The van der Waals surface area contributed by atoms with Gasteiger partial charge in [0.2, 0.25) is 0 Å². The van der Waals surface area contributed by atoms with E-state index in [0.29, 0.717) is 5.75 Å². The van der Waals surface area contributed by atoms with Gasteiger partial charge in [0, 0.05) is 10.5 Å². The topological polar surface area (TPSA) is 26.3 Å².